The number of carbonyl (C=O) groups is 2. The topological polar surface area (TPSA) is 121 Å². The highest BCUT2D eigenvalue weighted by atomic mass is 32.2. The van der Waals surface area contributed by atoms with Crippen molar-refractivity contribution in [2.24, 2.45) is 0 Å². The summed E-state index contributed by atoms with van der Waals surface area (Å²) >= 11 is 1.56. The van der Waals surface area contributed by atoms with Crippen molar-refractivity contribution in [2.75, 3.05) is 6.26 Å². The van der Waals surface area contributed by atoms with Gasteiger partial charge >= 0.3 is 0 Å². The number of thioether (sulfide) groups is 1. The summed E-state index contributed by atoms with van der Waals surface area (Å²) < 4.78 is 23.5. The van der Waals surface area contributed by atoms with Gasteiger partial charge in [-0.05, 0) is 54.4 Å². The minimum absolute atomic E-state index is 0.0330. The fourth-order valence-corrected chi connectivity index (χ4v) is 4.72. The van der Waals surface area contributed by atoms with Crippen molar-refractivity contribution in [3.8, 4) is 0 Å². The van der Waals surface area contributed by atoms with Crippen LogP contribution in [-0.2, 0) is 15.6 Å². The van der Waals surface area contributed by atoms with Gasteiger partial charge in [-0.1, -0.05) is 42.1 Å². The predicted octanol–water partition coefficient (Wildman–Crippen LogP) is 3.64. The minimum Gasteiger partial charge on any atom is -0.333 e. The molecular weight excluding hydrogens is 472 g/mol. The van der Waals surface area contributed by atoms with Crippen LogP contribution in [0, 0.1) is 6.92 Å². The first kappa shape index (κ1) is 23.5. The van der Waals surface area contributed by atoms with Crippen molar-refractivity contribution in [1.29, 1.82) is 0 Å². The van der Waals surface area contributed by atoms with Gasteiger partial charge in [0.15, 0.2) is 15.0 Å². The smallest absolute Gasteiger partial charge is 0.270 e. The predicted molar refractivity (Wildman–Crippen MR) is 131 cm³/mol. The third-order valence-electron chi connectivity index (χ3n) is 5.13. The average Bonchev–Trinajstić information content (AvgIpc) is 3.24. The molecule has 0 bridgehead atoms. The van der Waals surface area contributed by atoms with Crippen LogP contribution in [0.1, 0.15) is 31.8 Å². The maximum atomic E-state index is 12.5. The van der Waals surface area contributed by atoms with Gasteiger partial charge in [0.05, 0.1) is 15.9 Å². The highest BCUT2D eigenvalue weighted by molar-refractivity contribution is 7.98. The van der Waals surface area contributed by atoms with Crippen LogP contribution in [0.3, 0.4) is 0 Å². The van der Waals surface area contributed by atoms with Gasteiger partial charge in [-0.3, -0.25) is 20.4 Å². The Labute approximate surface area is 201 Å². The van der Waals surface area contributed by atoms with Crippen LogP contribution in [-0.4, -0.2) is 36.5 Å². The van der Waals surface area contributed by atoms with Gasteiger partial charge in [0, 0.05) is 23.1 Å². The molecule has 0 saturated carbocycles. The van der Waals surface area contributed by atoms with Crippen LogP contribution < -0.4 is 10.9 Å². The van der Waals surface area contributed by atoms with Gasteiger partial charge in [-0.15, -0.1) is 0 Å². The number of hydrazine groups is 1. The van der Waals surface area contributed by atoms with Gasteiger partial charge in [-0.2, -0.15) is 0 Å². The lowest BCUT2D eigenvalue weighted by Gasteiger charge is -2.11. The number of amides is 2. The number of imidazole rings is 1. The van der Waals surface area contributed by atoms with Gasteiger partial charge < -0.3 is 4.98 Å². The number of carbonyl (C=O) groups excluding carboxylic acids is 2. The van der Waals surface area contributed by atoms with E-state index in [2.05, 4.69) is 20.8 Å². The SMILES string of the molecule is Cc1ccc(S(C)(=O)=O)cc1C(=O)NNC(=O)c1ccc(CSc2nc3ccccc3[nH]2)cc1. The molecule has 0 spiro atoms. The lowest BCUT2D eigenvalue weighted by Crippen LogP contribution is -2.41. The minimum atomic E-state index is -3.46. The largest absolute Gasteiger partial charge is 0.333 e. The Morgan fingerprint density at radius 3 is 2.38 bits per heavy atom. The number of aromatic nitrogens is 2. The average molecular weight is 495 g/mol. The van der Waals surface area contributed by atoms with Crippen molar-refractivity contribution in [3.05, 3.63) is 89.0 Å². The van der Waals surface area contributed by atoms with E-state index in [1.54, 1.807) is 36.9 Å². The zero-order valence-electron chi connectivity index (χ0n) is 18.5. The van der Waals surface area contributed by atoms with E-state index in [4.69, 9.17) is 0 Å². The van der Waals surface area contributed by atoms with E-state index < -0.39 is 21.7 Å². The molecule has 0 unspecified atom stereocenters. The van der Waals surface area contributed by atoms with E-state index in [0.29, 0.717) is 16.9 Å². The molecule has 34 heavy (non-hydrogen) atoms. The third kappa shape index (κ3) is 5.46. The molecule has 0 aliphatic rings. The second kappa shape index (κ2) is 9.70. The number of hydrogen-bond acceptors (Lipinski definition) is 6. The summed E-state index contributed by atoms with van der Waals surface area (Å²) in [6.45, 7) is 1.69. The molecule has 4 aromatic rings. The van der Waals surface area contributed by atoms with Crippen molar-refractivity contribution < 1.29 is 18.0 Å². The Balaban J connectivity index is 1.34. The summed E-state index contributed by atoms with van der Waals surface area (Å²) in [6.07, 6.45) is 1.07. The number of benzene rings is 3. The summed E-state index contributed by atoms with van der Waals surface area (Å²) in [5, 5.41) is 0.820. The molecule has 0 aliphatic heterocycles. The van der Waals surface area contributed by atoms with Gasteiger partial charge in [-0.25, -0.2) is 13.4 Å². The van der Waals surface area contributed by atoms with Gasteiger partial charge in [0.2, 0.25) is 0 Å². The van der Waals surface area contributed by atoms with E-state index in [-0.39, 0.29) is 10.5 Å². The molecule has 3 N–H and O–H groups in total. The number of sulfone groups is 1. The number of hydrogen-bond donors (Lipinski definition) is 3. The zero-order chi connectivity index (χ0) is 24.3. The zero-order valence-corrected chi connectivity index (χ0v) is 20.1. The Hall–Kier alpha value is -3.63. The van der Waals surface area contributed by atoms with E-state index >= 15 is 0 Å². The fraction of sp³-hybridized carbons (Fsp3) is 0.125. The summed E-state index contributed by atoms with van der Waals surface area (Å²) in [7, 11) is -3.46. The molecule has 0 saturated heterocycles. The Morgan fingerprint density at radius 2 is 1.68 bits per heavy atom. The molecule has 0 atom stereocenters. The molecule has 2 amide bonds. The maximum Gasteiger partial charge on any atom is 0.270 e. The maximum absolute atomic E-state index is 12.5. The molecule has 10 heteroatoms. The van der Waals surface area contributed by atoms with Crippen molar-refractivity contribution in [3.63, 3.8) is 0 Å². The summed E-state index contributed by atoms with van der Waals surface area (Å²) in [5.74, 6) is -0.411. The number of nitrogens with zero attached hydrogens (tertiary/aromatic N) is 1. The molecule has 3 aromatic carbocycles. The lowest BCUT2D eigenvalue weighted by molar-refractivity contribution is 0.0846. The first-order valence-electron chi connectivity index (χ1n) is 10.3. The summed E-state index contributed by atoms with van der Waals surface area (Å²) in [6, 6.07) is 19.1. The third-order valence-corrected chi connectivity index (χ3v) is 7.19. The van der Waals surface area contributed by atoms with E-state index in [1.807, 2.05) is 36.4 Å². The van der Waals surface area contributed by atoms with Crippen LogP contribution >= 0.6 is 11.8 Å². The highest BCUT2D eigenvalue weighted by Gasteiger charge is 2.15. The monoisotopic (exact) mass is 494 g/mol. The van der Waals surface area contributed by atoms with Crippen molar-refractivity contribution >= 4 is 44.4 Å². The molecule has 8 nitrogen and oxygen atoms in total. The number of aromatic amines is 1. The normalized spacial score (nSPS) is 11.4. The van der Waals surface area contributed by atoms with E-state index in [0.717, 1.165) is 28.0 Å². The van der Waals surface area contributed by atoms with Crippen LogP contribution in [0.15, 0.2) is 76.8 Å². The summed E-state index contributed by atoms with van der Waals surface area (Å²) in [4.78, 5) is 32.8. The molecular formula is C24H22N4O4S2. The number of H-pyrrole nitrogens is 1. The number of fused-ring (bicyclic) bond motifs is 1. The van der Waals surface area contributed by atoms with Gasteiger partial charge in [0.25, 0.3) is 11.8 Å². The molecule has 174 valence electrons. The Morgan fingerprint density at radius 1 is 0.971 bits per heavy atom. The summed E-state index contributed by atoms with van der Waals surface area (Å²) in [5.41, 5.74) is 8.75. The molecule has 1 aromatic heterocycles. The first-order chi connectivity index (χ1) is 16.2. The highest BCUT2D eigenvalue weighted by Crippen LogP contribution is 2.23. The van der Waals surface area contributed by atoms with Crippen LogP contribution in [0.25, 0.3) is 11.0 Å². The van der Waals surface area contributed by atoms with Crippen LogP contribution in [0.5, 0.6) is 0 Å². The molecule has 0 radical (unpaired) electrons. The van der Waals surface area contributed by atoms with Crippen LogP contribution in [0.4, 0.5) is 0 Å². The van der Waals surface area contributed by atoms with Crippen molar-refractivity contribution in [2.45, 2.75) is 22.7 Å². The van der Waals surface area contributed by atoms with E-state index in [9.17, 15) is 18.0 Å². The first-order valence-corrected chi connectivity index (χ1v) is 13.2. The lowest BCUT2D eigenvalue weighted by atomic mass is 10.1. The van der Waals surface area contributed by atoms with Crippen LogP contribution in [0.2, 0.25) is 0 Å². The fourth-order valence-electron chi connectivity index (χ4n) is 3.23. The Bertz CT molecular complexity index is 1450. The van der Waals surface area contributed by atoms with Crippen molar-refractivity contribution in [1.82, 2.24) is 20.8 Å². The second-order valence-electron chi connectivity index (χ2n) is 7.70. The second-order valence-corrected chi connectivity index (χ2v) is 10.7. The van der Waals surface area contributed by atoms with E-state index in [1.165, 1.54) is 12.1 Å². The number of aryl methyl sites for hydroxylation is 1. The molecule has 0 aliphatic carbocycles. The number of para-hydroxylation sites is 2. The molecule has 1 heterocycles. The standard InChI is InChI=1S/C24H22N4O4S2/c1-15-7-12-18(34(2,31)32)13-19(15)23(30)28-27-22(29)17-10-8-16(9-11-17)14-33-24-25-20-5-3-4-6-21(20)26-24/h3-13H,14H2,1-2H3,(H,25,26)(H,27,29)(H,28,30). The molecule has 0 fully saturated rings. The molecule has 4 rings (SSSR count). The Kier molecular flexibility index (Phi) is 6.71. The number of rotatable bonds is 6. The number of nitrogens with one attached hydrogen (secondary N) is 3. The van der Waals surface area contributed by atoms with Gasteiger partial charge in [0.1, 0.15) is 0 Å². The quantitative estimate of drug-likeness (QED) is 0.278.